The van der Waals surface area contributed by atoms with Crippen molar-refractivity contribution in [2.45, 2.75) is 58.0 Å². The number of halogens is 3. The van der Waals surface area contributed by atoms with Crippen molar-refractivity contribution in [2.24, 2.45) is 0 Å². The number of hydrogen-bond acceptors (Lipinski definition) is 4. The fourth-order valence-electron chi connectivity index (χ4n) is 4.20. The molecule has 1 N–H and O–H groups in total. The minimum absolute atomic E-state index is 0.0100. The molecule has 41 heavy (non-hydrogen) atoms. The normalized spacial score (nSPS) is 12.1. The Morgan fingerprint density at radius 3 is 2.22 bits per heavy atom. The van der Waals surface area contributed by atoms with Gasteiger partial charge in [-0.15, -0.1) is 0 Å². The molecule has 3 rings (SSSR count). The van der Waals surface area contributed by atoms with Crippen LogP contribution in [0.4, 0.5) is 5.69 Å². The summed E-state index contributed by atoms with van der Waals surface area (Å²) < 4.78 is 29.0. The van der Waals surface area contributed by atoms with E-state index in [9.17, 15) is 18.0 Å². The molecule has 0 fully saturated rings. The van der Waals surface area contributed by atoms with Crippen LogP contribution in [0.1, 0.15) is 43.4 Å². The lowest BCUT2D eigenvalue weighted by molar-refractivity contribution is -0.139. The fraction of sp³-hybridized carbons (Fsp3) is 0.333. The van der Waals surface area contributed by atoms with Gasteiger partial charge in [-0.3, -0.25) is 13.9 Å². The molecule has 0 aliphatic heterocycles. The molecule has 0 bridgehead atoms. The highest BCUT2D eigenvalue weighted by Gasteiger charge is 2.33. The number of anilines is 1. The van der Waals surface area contributed by atoms with E-state index >= 15 is 0 Å². The number of carbonyl (C=O) groups excluding carboxylic acids is 2. The van der Waals surface area contributed by atoms with E-state index in [0.717, 1.165) is 22.7 Å². The Morgan fingerprint density at radius 1 is 0.927 bits per heavy atom. The second-order valence-corrected chi connectivity index (χ2v) is 13.0. The van der Waals surface area contributed by atoms with Crippen LogP contribution in [0, 0.1) is 13.8 Å². The second-order valence-electron chi connectivity index (χ2n) is 9.85. The Hall–Kier alpha value is -2.78. The quantitative estimate of drug-likeness (QED) is 0.221. The smallest absolute Gasteiger partial charge is 0.264 e. The zero-order valence-corrected chi connectivity index (χ0v) is 26.5. The van der Waals surface area contributed by atoms with Gasteiger partial charge in [0.2, 0.25) is 11.8 Å². The minimum Gasteiger partial charge on any atom is -0.354 e. The average Bonchev–Trinajstić information content (AvgIpc) is 2.92. The lowest BCUT2D eigenvalue weighted by atomic mass is 10.1. The van der Waals surface area contributed by atoms with Gasteiger partial charge in [0.05, 0.1) is 20.6 Å². The molecule has 3 aromatic carbocycles. The molecule has 7 nitrogen and oxygen atoms in total. The summed E-state index contributed by atoms with van der Waals surface area (Å²) in [5.74, 6) is -0.915. The number of hydrogen-bond donors (Lipinski definition) is 1. The third-order valence-corrected chi connectivity index (χ3v) is 9.40. The molecule has 0 aliphatic rings. The summed E-state index contributed by atoms with van der Waals surface area (Å²) in [6.45, 7) is 7.13. The molecule has 220 valence electrons. The van der Waals surface area contributed by atoms with Crippen molar-refractivity contribution in [2.75, 3.05) is 17.4 Å². The lowest BCUT2D eigenvalue weighted by Gasteiger charge is -2.32. The SMILES string of the molecule is CCCCNC(=O)C(C)N(Cc1ccc(Cl)c(Cl)c1)C(=O)CN(c1ccc(Cl)cc1C)S(=O)(=O)c1ccc(C)cc1. The van der Waals surface area contributed by atoms with E-state index in [0.29, 0.717) is 38.4 Å². The first kappa shape index (κ1) is 32.7. The van der Waals surface area contributed by atoms with Gasteiger partial charge in [0, 0.05) is 18.1 Å². The highest BCUT2D eigenvalue weighted by molar-refractivity contribution is 7.92. The number of unbranched alkanes of at least 4 members (excludes halogenated alkanes) is 1. The number of aryl methyl sites for hydroxylation is 2. The van der Waals surface area contributed by atoms with Crippen LogP contribution in [0.5, 0.6) is 0 Å². The van der Waals surface area contributed by atoms with Crippen molar-refractivity contribution in [1.82, 2.24) is 10.2 Å². The minimum atomic E-state index is -4.18. The molecule has 1 unspecified atom stereocenters. The van der Waals surface area contributed by atoms with Gasteiger partial charge in [-0.1, -0.05) is 71.9 Å². The number of rotatable bonds is 12. The van der Waals surface area contributed by atoms with Crippen molar-refractivity contribution >= 4 is 62.3 Å². The lowest BCUT2D eigenvalue weighted by Crippen LogP contribution is -2.51. The Kier molecular flexibility index (Phi) is 11.5. The van der Waals surface area contributed by atoms with Gasteiger partial charge in [-0.05, 0) is 80.8 Å². The monoisotopic (exact) mass is 637 g/mol. The average molecular weight is 639 g/mol. The molecule has 0 saturated heterocycles. The number of benzene rings is 3. The number of nitrogens with one attached hydrogen (secondary N) is 1. The first-order valence-corrected chi connectivity index (χ1v) is 15.8. The molecule has 0 aliphatic carbocycles. The predicted molar refractivity (Wildman–Crippen MR) is 166 cm³/mol. The molecule has 0 spiro atoms. The number of sulfonamides is 1. The van der Waals surface area contributed by atoms with Crippen LogP contribution in [-0.4, -0.2) is 44.3 Å². The van der Waals surface area contributed by atoms with E-state index in [-0.39, 0.29) is 17.3 Å². The van der Waals surface area contributed by atoms with Crippen LogP contribution in [0.25, 0.3) is 0 Å². The highest BCUT2D eigenvalue weighted by atomic mass is 35.5. The summed E-state index contributed by atoms with van der Waals surface area (Å²) in [4.78, 5) is 28.5. The third-order valence-electron chi connectivity index (χ3n) is 6.65. The molecular formula is C30H34Cl3N3O4S. The maximum absolute atomic E-state index is 14.0. The molecule has 0 saturated carbocycles. The summed E-state index contributed by atoms with van der Waals surface area (Å²) in [5, 5.41) is 3.95. The van der Waals surface area contributed by atoms with Gasteiger partial charge in [-0.2, -0.15) is 0 Å². The largest absolute Gasteiger partial charge is 0.354 e. The van der Waals surface area contributed by atoms with Gasteiger partial charge in [0.25, 0.3) is 10.0 Å². The third kappa shape index (κ3) is 8.38. The molecule has 1 atom stereocenters. The maximum atomic E-state index is 14.0. The summed E-state index contributed by atoms with van der Waals surface area (Å²) in [6.07, 6.45) is 1.68. The second kappa shape index (κ2) is 14.4. The summed E-state index contributed by atoms with van der Waals surface area (Å²) in [6, 6.07) is 15.2. The molecule has 3 aromatic rings. The van der Waals surface area contributed by atoms with Crippen molar-refractivity contribution in [1.29, 1.82) is 0 Å². The Labute approximate surface area is 257 Å². The van der Waals surface area contributed by atoms with E-state index in [4.69, 9.17) is 34.8 Å². The summed E-state index contributed by atoms with van der Waals surface area (Å²) >= 11 is 18.5. The maximum Gasteiger partial charge on any atom is 0.264 e. The Morgan fingerprint density at radius 2 is 1.61 bits per heavy atom. The predicted octanol–water partition coefficient (Wildman–Crippen LogP) is 6.79. The van der Waals surface area contributed by atoms with Crippen LogP contribution in [0.3, 0.4) is 0 Å². The number of nitrogens with zero attached hydrogens (tertiary/aromatic N) is 2. The highest BCUT2D eigenvalue weighted by Crippen LogP contribution is 2.30. The molecular weight excluding hydrogens is 605 g/mol. The van der Waals surface area contributed by atoms with Gasteiger partial charge in [0.1, 0.15) is 12.6 Å². The van der Waals surface area contributed by atoms with Crippen LogP contribution in [0.2, 0.25) is 15.1 Å². The zero-order chi connectivity index (χ0) is 30.3. The van der Waals surface area contributed by atoms with Gasteiger partial charge in [-0.25, -0.2) is 8.42 Å². The van der Waals surface area contributed by atoms with Gasteiger partial charge in [0.15, 0.2) is 0 Å². The van der Waals surface area contributed by atoms with Crippen LogP contribution in [-0.2, 0) is 26.2 Å². The van der Waals surface area contributed by atoms with Crippen LogP contribution in [0.15, 0.2) is 65.6 Å². The van der Waals surface area contributed by atoms with E-state index in [1.807, 2.05) is 13.8 Å². The van der Waals surface area contributed by atoms with Crippen molar-refractivity contribution in [3.05, 3.63) is 92.4 Å². The van der Waals surface area contributed by atoms with E-state index in [1.165, 1.54) is 17.0 Å². The molecule has 11 heteroatoms. The first-order valence-electron chi connectivity index (χ1n) is 13.2. The molecule has 2 amide bonds. The van der Waals surface area contributed by atoms with Gasteiger partial charge >= 0.3 is 0 Å². The van der Waals surface area contributed by atoms with Crippen LogP contribution >= 0.6 is 34.8 Å². The zero-order valence-electron chi connectivity index (χ0n) is 23.5. The fourth-order valence-corrected chi connectivity index (χ4v) is 6.23. The van der Waals surface area contributed by atoms with Crippen molar-refractivity contribution in [3.63, 3.8) is 0 Å². The van der Waals surface area contributed by atoms with Crippen molar-refractivity contribution < 1.29 is 18.0 Å². The first-order chi connectivity index (χ1) is 19.3. The molecule has 0 aromatic heterocycles. The molecule has 0 heterocycles. The van der Waals surface area contributed by atoms with Crippen LogP contribution < -0.4 is 9.62 Å². The van der Waals surface area contributed by atoms with Gasteiger partial charge < -0.3 is 10.2 Å². The Balaban J connectivity index is 2.05. The van der Waals surface area contributed by atoms with E-state index in [2.05, 4.69) is 5.32 Å². The van der Waals surface area contributed by atoms with Crippen molar-refractivity contribution in [3.8, 4) is 0 Å². The van der Waals surface area contributed by atoms with E-state index in [1.54, 1.807) is 62.4 Å². The van der Waals surface area contributed by atoms with E-state index < -0.39 is 28.5 Å². The summed E-state index contributed by atoms with van der Waals surface area (Å²) in [7, 11) is -4.18. The Bertz CT molecular complexity index is 1500. The summed E-state index contributed by atoms with van der Waals surface area (Å²) in [5.41, 5.74) is 2.40. The standard InChI is InChI=1S/C30H34Cl3N3O4S/c1-5-6-15-34-30(38)22(4)35(18-23-9-13-26(32)27(33)17-23)29(37)19-36(28-14-10-24(31)16-21(28)3)41(39,40)25-11-7-20(2)8-12-25/h7-14,16-17,22H,5-6,15,18-19H2,1-4H3,(H,34,38). The molecule has 0 radical (unpaired) electrons. The topological polar surface area (TPSA) is 86.8 Å². The number of amides is 2. The number of carbonyl (C=O) groups is 2.